The largest absolute Gasteiger partial charge is 0.481 e. The highest BCUT2D eigenvalue weighted by atomic mass is 32.2. The molecular weight excluding hydrogens is 332 g/mol. The molecule has 24 heavy (non-hydrogen) atoms. The third-order valence-electron chi connectivity index (χ3n) is 4.11. The van der Waals surface area contributed by atoms with Crippen LogP contribution in [0.4, 0.5) is 5.69 Å². The molecule has 0 spiro atoms. The summed E-state index contributed by atoms with van der Waals surface area (Å²) >= 11 is 0. The molecule has 2 rings (SSSR count). The maximum absolute atomic E-state index is 12.7. The van der Waals surface area contributed by atoms with Gasteiger partial charge in [0.25, 0.3) is 5.91 Å². The lowest BCUT2D eigenvalue weighted by molar-refractivity contribution is -0.142. The summed E-state index contributed by atoms with van der Waals surface area (Å²) in [6.07, 6.45) is 0.468. The fraction of sp³-hybridized carbons (Fsp3) is 0.500. The fourth-order valence-electron chi connectivity index (χ4n) is 2.87. The van der Waals surface area contributed by atoms with Crippen molar-refractivity contribution in [3.8, 4) is 0 Å². The van der Waals surface area contributed by atoms with E-state index in [1.807, 2.05) is 0 Å². The quantitative estimate of drug-likeness (QED) is 0.808. The van der Waals surface area contributed by atoms with E-state index in [9.17, 15) is 23.1 Å². The van der Waals surface area contributed by atoms with Gasteiger partial charge in [-0.1, -0.05) is 26.0 Å². The SMILES string of the molecule is CCCS(=O)(=O)Nc1ccccc1C(=O)N1C[C@@H](C)[C@H](C(=O)O)C1. The number of carboxylic acid groups (broad SMARTS) is 1. The van der Waals surface area contributed by atoms with Crippen molar-refractivity contribution >= 4 is 27.6 Å². The topological polar surface area (TPSA) is 104 Å². The van der Waals surface area contributed by atoms with Crippen LogP contribution in [0.15, 0.2) is 24.3 Å². The summed E-state index contributed by atoms with van der Waals surface area (Å²) < 4.78 is 26.4. The molecule has 7 nitrogen and oxygen atoms in total. The van der Waals surface area contributed by atoms with Gasteiger partial charge in [0.1, 0.15) is 0 Å². The van der Waals surface area contributed by atoms with E-state index in [2.05, 4.69) is 4.72 Å². The van der Waals surface area contributed by atoms with Crippen LogP contribution in [0.1, 0.15) is 30.6 Å². The number of likely N-dealkylation sites (tertiary alicyclic amines) is 1. The van der Waals surface area contributed by atoms with Gasteiger partial charge in [-0.3, -0.25) is 14.3 Å². The predicted octanol–water partition coefficient (Wildman–Crippen LogP) is 1.63. The van der Waals surface area contributed by atoms with Crippen LogP contribution >= 0.6 is 0 Å². The first kappa shape index (κ1) is 18.3. The number of para-hydroxylation sites is 1. The number of carboxylic acids is 1. The van der Waals surface area contributed by atoms with Crippen molar-refractivity contribution < 1.29 is 23.1 Å². The Morgan fingerprint density at radius 1 is 1.29 bits per heavy atom. The summed E-state index contributed by atoms with van der Waals surface area (Å²) in [6, 6.07) is 6.38. The molecule has 1 aromatic carbocycles. The number of nitrogens with zero attached hydrogens (tertiary/aromatic N) is 1. The summed E-state index contributed by atoms with van der Waals surface area (Å²) in [5, 5.41) is 9.19. The molecule has 1 saturated heterocycles. The Kier molecular flexibility index (Phi) is 5.48. The molecule has 1 aromatic rings. The Morgan fingerprint density at radius 2 is 1.96 bits per heavy atom. The van der Waals surface area contributed by atoms with Crippen LogP contribution in [-0.4, -0.2) is 49.1 Å². The number of carbonyl (C=O) groups excluding carboxylic acids is 1. The van der Waals surface area contributed by atoms with Crippen molar-refractivity contribution in [2.45, 2.75) is 20.3 Å². The summed E-state index contributed by atoms with van der Waals surface area (Å²) in [5.74, 6) is -2.06. The molecule has 0 radical (unpaired) electrons. The summed E-state index contributed by atoms with van der Waals surface area (Å²) in [4.78, 5) is 25.4. The lowest BCUT2D eigenvalue weighted by Gasteiger charge is -2.18. The molecule has 1 heterocycles. The van der Waals surface area contributed by atoms with E-state index in [-0.39, 0.29) is 35.4 Å². The molecule has 2 atom stereocenters. The number of hydrogen-bond donors (Lipinski definition) is 2. The van der Waals surface area contributed by atoms with Crippen molar-refractivity contribution in [1.29, 1.82) is 0 Å². The van der Waals surface area contributed by atoms with Crippen LogP contribution in [0.3, 0.4) is 0 Å². The second kappa shape index (κ2) is 7.21. The number of sulfonamides is 1. The first-order chi connectivity index (χ1) is 11.2. The summed E-state index contributed by atoms with van der Waals surface area (Å²) in [7, 11) is -3.51. The van der Waals surface area contributed by atoms with Crippen LogP contribution in [0.2, 0.25) is 0 Å². The van der Waals surface area contributed by atoms with E-state index in [1.54, 1.807) is 32.0 Å². The highest BCUT2D eigenvalue weighted by molar-refractivity contribution is 7.92. The number of aliphatic carboxylic acids is 1. The van der Waals surface area contributed by atoms with Crippen LogP contribution < -0.4 is 4.72 Å². The van der Waals surface area contributed by atoms with E-state index in [0.29, 0.717) is 13.0 Å². The van der Waals surface area contributed by atoms with E-state index < -0.39 is 21.9 Å². The average Bonchev–Trinajstić information content (AvgIpc) is 2.89. The van der Waals surface area contributed by atoms with Crippen LogP contribution in [-0.2, 0) is 14.8 Å². The molecular formula is C16H22N2O5S. The second-order valence-electron chi connectivity index (χ2n) is 6.10. The van der Waals surface area contributed by atoms with E-state index in [1.165, 1.54) is 11.0 Å². The van der Waals surface area contributed by atoms with E-state index in [4.69, 9.17) is 0 Å². The zero-order valence-corrected chi connectivity index (χ0v) is 14.5. The Balaban J connectivity index is 2.24. The molecule has 1 fully saturated rings. The molecule has 1 aliphatic rings. The number of hydrogen-bond acceptors (Lipinski definition) is 4. The first-order valence-corrected chi connectivity index (χ1v) is 9.52. The van der Waals surface area contributed by atoms with Crippen molar-refractivity contribution in [3.63, 3.8) is 0 Å². The highest BCUT2D eigenvalue weighted by Gasteiger charge is 2.37. The molecule has 8 heteroatoms. The number of nitrogens with one attached hydrogen (secondary N) is 1. The molecule has 2 N–H and O–H groups in total. The number of benzene rings is 1. The van der Waals surface area contributed by atoms with Gasteiger partial charge in [0.15, 0.2) is 0 Å². The van der Waals surface area contributed by atoms with E-state index in [0.717, 1.165) is 0 Å². The zero-order valence-electron chi connectivity index (χ0n) is 13.7. The van der Waals surface area contributed by atoms with Crippen LogP contribution in [0, 0.1) is 11.8 Å². The highest BCUT2D eigenvalue weighted by Crippen LogP contribution is 2.27. The standard InChI is InChI=1S/C16H22N2O5S/c1-3-8-24(22,23)17-14-7-5-4-6-12(14)15(19)18-9-11(2)13(10-18)16(20)21/h4-7,11,13,17H,3,8-10H2,1-2H3,(H,20,21)/t11-,13-/m1/s1. The predicted molar refractivity (Wildman–Crippen MR) is 90.3 cm³/mol. The van der Waals surface area contributed by atoms with Crippen molar-refractivity contribution in [3.05, 3.63) is 29.8 Å². The number of anilines is 1. The van der Waals surface area contributed by atoms with Gasteiger partial charge in [-0.25, -0.2) is 8.42 Å². The number of carbonyl (C=O) groups is 2. The molecule has 0 unspecified atom stereocenters. The van der Waals surface area contributed by atoms with Crippen LogP contribution in [0.5, 0.6) is 0 Å². The Morgan fingerprint density at radius 3 is 2.54 bits per heavy atom. The maximum atomic E-state index is 12.7. The molecule has 0 saturated carbocycles. The molecule has 0 aromatic heterocycles. The third kappa shape index (κ3) is 4.05. The normalized spacial score (nSPS) is 20.8. The van der Waals surface area contributed by atoms with Crippen molar-refractivity contribution in [1.82, 2.24) is 4.90 Å². The number of amides is 1. The third-order valence-corrected chi connectivity index (χ3v) is 5.59. The van der Waals surface area contributed by atoms with Gasteiger partial charge in [0.2, 0.25) is 10.0 Å². The van der Waals surface area contributed by atoms with Gasteiger partial charge < -0.3 is 10.0 Å². The molecule has 1 aliphatic heterocycles. The first-order valence-electron chi connectivity index (χ1n) is 7.86. The van der Waals surface area contributed by atoms with Gasteiger partial charge in [0.05, 0.1) is 22.9 Å². The van der Waals surface area contributed by atoms with Gasteiger partial charge in [-0.15, -0.1) is 0 Å². The summed E-state index contributed by atoms with van der Waals surface area (Å²) in [6.45, 7) is 4.02. The minimum atomic E-state index is -3.51. The lowest BCUT2D eigenvalue weighted by Crippen LogP contribution is -2.31. The Bertz CT molecular complexity index is 732. The average molecular weight is 354 g/mol. The second-order valence-corrected chi connectivity index (χ2v) is 7.94. The monoisotopic (exact) mass is 354 g/mol. The maximum Gasteiger partial charge on any atom is 0.308 e. The van der Waals surface area contributed by atoms with Gasteiger partial charge in [-0.05, 0) is 24.5 Å². The van der Waals surface area contributed by atoms with Gasteiger partial charge >= 0.3 is 5.97 Å². The summed E-state index contributed by atoms with van der Waals surface area (Å²) in [5.41, 5.74) is 0.456. The molecule has 132 valence electrons. The van der Waals surface area contributed by atoms with Gasteiger partial charge in [0, 0.05) is 13.1 Å². The fourth-order valence-corrected chi connectivity index (χ4v) is 4.02. The van der Waals surface area contributed by atoms with Crippen molar-refractivity contribution in [2.24, 2.45) is 11.8 Å². The zero-order chi connectivity index (χ0) is 17.9. The van der Waals surface area contributed by atoms with E-state index >= 15 is 0 Å². The lowest BCUT2D eigenvalue weighted by atomic mass is 9.99. The Hall–Kier alpha value is -2.09. The molecule has 0 aliphatic carbocycles. The van der Waals surface area contributed by atoms with Crippen LogP contribution in [0.25, 0.3) is 0 Å². The van der Waals surface area contributed by atoms with Gasteiger partial charge in [-0.2, -0.15) is 0 Å². The minimum absolute atomic E-state index is 0.0304. The van der Waals surface area contributed by atoms with Crippen molar-refractivity contribution in [2.75, 3.05) is 23.6 Å². The molecule has 1 amide bonds. The minimum Gasteiger partial charge on any atom is -0.481 e. The smallest absolute Gasteiger partial charge is 0.308 e. The Labute approximate surface area is 141 Å². The molecule has 0 bridgehead atoms. The number of rotatable bonds is 6.